The molecule has 1 heterocycles. The van der Waals surface area contributed by atoms with Crippen molar-refractivity contribution in [2.45, 2.75) is 20.8 Å². The van der Waals surface area contributed by atoms with Crippen molar-refractivity contribution in [1.29, 1.82) is 0 Å². The molecule has 1 aromatic heterocycles. The second kappa shape index (κ2) is 9.77. The van der Waals surface area contributed by atoms with E-state index in [4.69, 9.17) is 4.74 Å². The first-order valence-electron chi connectivity index (χ1n) is 7.48. The largest absolute Gasteiger partial charge is 0.457 e. The molecule has 7 heteroatoms. The second-order valence-corrected chi connectivity index (χ2v) is 5.65. The van der Waals surface area contributed by atoms with Gasteiger partial charge in [-0.15, -0.1) is 4.91 Å². The molecular formula is C17H21BrN4O2. The summed E-state index contributed by atoms with van der Waals surface area (Å²) in [5, 5.41) is 2.90. The van der Waals surface area contributed by atoms with Crippen molar-refractivity contribution in [2.24, 2.45) is 10.2 Å². The summed E-state index contributed by atoms with van der Waals surface area (Å²) in [7, 11) is 3.76. The number of nitrogens with zero attached hydrogens (tertiary/aromatic N) is 4. The van der Waals surface area contributed by atoms with E-state index in [0.29, 0.717) is 27.6 Å². The van der Waals surface area contributed by atoms with Gasteiger partial charge in [0.15, 0.2) is 5.82 Å². The van der Waals surface area contributed by atoms with Crippen molar-refractivity contribution in [3.8, 4) is 11.5 Å². The molecule has 128 valence electrons. The van der Waals surface area contributed by atoms with Crippen molar-refractivity contribution in [3.63, 3.8) is 0 Å². The number of aliphatic imine (C=N–C) groups is 1. The summed E-state index contributed by atoms with van der Waals surface area (Å²) in [5.41, 5.74) is 1.19. The molecule has 6 nitrogen and oxygen atoms in total. The summed E-state index contributed by atoms with van der Waals surface area (Å²) >= 11 is 3.34. The van der Waals surface area contributed by atoms with E-state index < -0.39 is 0 Å². The number of benzene rings is 1. The van der Waals surface area contributed by atoms with Crippen molar-refractivity contribution >= 4 is 33.8 Å². The van der Waals surface area contributed by atoms with Gasteiger partial charge in [-0.3, -0.25) is 0 Å². The lowest BCUT2D eigenvalue weighted by Gasteiger charge is -2.10. The average molecular weight is 393 g/mol. The van der Waals surface area contributed by atoms with Crippen LogP contribution in [-0.4, -0.2) is 30.3 Å². The highest BCUT2D eigenvalue weighted by molar-refractivity contribution is 9.10. The molecule has 2 rings (SSSR count). The van der Waals surface area contributed by atoms with Gasteiger partial charge in [0.25, 0.3) is 0 Å². The minimum atomic E-state index is 0.372. The Morgan fingerprint density at radius 1 is 1.21 bits per heavy atom. The van der Waals surface area contributed by atoms with Crippen LogP contribution in [0.5, 0.6) is 11.5 Å². The molecule has 0 atom stereocenters. The van der Waals surface area contributed by atoms with Crippen LogP contribution < -0.4 is 4.74 Å². The number of aryl methyl sites for hydroxylation is 1. The van der Waals surface area contributed by atoms with Crippen LogP contribution in [0.15, 0.2) is 45.1 Å². The molecule has 0 amide bonds. The molecule has 0 aliphatic rings. The number of nitroso groups, excluding NO2 is 1. The highest BCUT2D eigenvalue weighted by atomic mass is 79.9. The van der Waals surface area contributed by atoms with Crippen LogP contribution in [0.25, 0.3) is 0 Å². The lowest BCUT2D eigenvalue weighted by Crippen LogP contribution is -2.07. The molecule has 0 spiro atoms. The fourth-order valence-corrected chi connectivity index (χ4v) is 2.10. The van der Waals surface area contributed by atoms with Gasteiger partial charge < -0.3 is 9.64 Å². The third kappa shape index (κ3) is 6.08. The van der Waals surface area contributed by atoms with Crippen LogP contribution in [0.4, 0.5) is 11.5 Å². The molecule has 0 unspecified atom stereocenters. The van der Waals surface area contributed by atoms with E-state index in [1.807, 2.05) is 39.8 Å². The molecule has 0 radical (unpaired) electrons. The predicted octanol–water partition coefficient (Wildman–Crippen LogP) is 5.59. The summed E-state index contributed by atoms with van der Waals surface area (Å²) in [6.45, 7) is 5.85. The Bertz CT molecular complexity index is 718. The minimum absolute atomic E-state index is 0.372. The maximum atomic E-state index is 10.5. The van der Waals surface area contributed by atoms with Gasteiger partial charge in [0.05, 0.1) is 6.34 Å². The van der Waals surface area contributed by atoms with Crippen molar-refractivity contribution < 1.29 is 4.74 Å². The van der Waals surface area contributed by atoms with Crippen LogP contribution in [-0.2, 0) is 0 Å². The van der Waals surface area contributed by atoms with Gasteiger partial charge in [-0.25, -0.2) is 9.98 Å². The standard InChI is InChI=1S/C15H15BrN4O2.C2H6/c1-10-6-11(19-21)4-5-13(10)22-12-7-14(16)18-15(8-12)17-9-20(2)3;1-2/h4-9H,1-3H3;1-2H3. The molecule has 0 aliphatic heterocycles. The zero-order valence-electron chi connectivity index (χ0n) is 14.4. The summed E-state index contributed by atoms with van der Waals surface area (Å²) in [6, 6.07) is 8.47. The molecule has 0 bridgehead atoms. The number of pyridine rings is 1. The van der Waals surface area contributed by atoms with Gasteiger partial charge in [-0.1, -0.05) is 13.8 Å². The number of rotatable bonds is 5. The smallest absolute Gasteiger partial charge is 0.158 e. The Morgan fingerprint density at radius 2 is 1.92 bits per heavy atom. The molecule has 0 aliphatic carbocycles. The third-order valence-electron chi connectivity index (χ3n) is 2.67. The number of halogens is 1. The number of hydrogen-bond donors (Lipinski definition) is 0. The van der Waals surface area contributed by atoms with E-state index in [-0.39, 0.29) is 0 Å². The van der Waals surface area contributed by atoms with Crippen LogP contribution in [0.3, 0.4) is 0 Å². The Hall–Kier alpha value is -2.28. The Kier molecular flexibility index (Phi) is 8.05. The van der Waals surface area contributed by atoms with E-state index in [9.17, 15) is 4.91 Å². The lowest BCUT2D eigenvalue weighted by molar-refractivity contribution is 0.478. The van der Waals surface area contributed by atoms with Crippen molar-refractivity contribution in [2.75, 3.05) is 14.1 Å². The average Bonchev–Trinajstić information content (AvgIpc) is 2.56. The maximum absolute atomic E-state index is 10.5. The number of aromatic nitrogens is 1. The van der Waals surface area contributed by atoms with E-state index >= 15 is 0 Å². The van der Waals surface area contributed by atoms with Crippen molar-refractivity contribution in [1.82, 2.24) is 9.88 Å². The topological polar surface area (TPSA) is 67.1 Å². The van der Waals surface area contributed by atoms with Gasteiger partial charge in [-0.2, -0.15) is 0 Å². The zero-order chi connectivity index (χ0) is 18.1. The predicted molar refractivity (Wildman–Crippen MR) is 102 cm³/mol. The van der Waals surface area contributed by atoms with Gasteiger partial charge in [0.2, 0.25) is 0 Å². The maximum Gasteiger partial charge on any atom is 0.158 e. The molecule has 0 N–H and O–H groups in total. The normalized spacial score (nSPS) is 10.1. The van der Waals surface area contributed by atoms with Crippen LogP contribution in [0, 0.1) is 11.8 Å². The summed E-state index contributed by atoms with van der Waals surface area (Å²) in [4.78, 5) is 20.8. The summed E-state index contributed by atoms with van der Waals surface area (Å²) in [6.07, 6.45) is 1.66. The van der Waals surface area contributed by atoms with E-state index in [2.05, 4.69) is 31.1 Å². The van der Waals surface area contributed by atoms with Gasteiger partial charge in [-0.05, 0) is 51.8 Å². The fraction of sp³-hybridized carbons (Fsp3) is 0.294. The second-order valence-electron chi connectivity index (χ2n) is 4.84. The fourth-order valence-electron chi connectivity index (χ4n) is 1.69. The van der Waals surface area contributed by atoms with E-state index in [0.717, 1.165) is 5.56 Å². The zero-order valence-corrected chi connectivity index (χ0v) is 16.0. The molecule has 1 aromatic carbocycles. The van der Waals surface area contributed by atoms with Gasteiger partial charge in [0.1, 0.15) is 21.8 Å². The Morgan fingerprint density at radius 3 is 2.50 bits per heavy atom. The van der Waals surface area contributed by atoms with Gasteiger partial charge >= 0.3 is 0 Å². The summed E-state index contributed by atoms with van der Waals surface area (Å²) in [5.74, 6) is 1.78. The first-order valence-corrected chi connectivity index (χ1v) is 8.27. The quantitative estimate of drug-likeness (QED) is 0.287. The molecule has 2 aromatic rings. The van der Waals surface area contributed by atoms with E-state index in [1.165, 1.54) is 0 Å². The van der Waals surface area contributed by atoms with Gasteiger partial charge in [0, 0.05) is 26.2 Å². The van der Waals surface area contributed by atoms with Crippen LogP contribution in [0.2, 0.25) is 0 Å². The molecule has 0 saturated heterocycles. The molecule has 0 fully saturated rings. The SMILES string of the molecule is CC.Cc1cc(N=O)ccc1Oc1cc(Br)nc(N=CN(C)C)c1. The molecule has 0 saturated carbocycles. The molecule has 24 heavy (non-hydrogen) atoms. The van der Waals surface area contributed by atoms with E-state index in [1.54, 1.807) is 36.7 Å². The Labute approximate surface area is 150 Å². The monoisotopic (exact) mass is 392 g/mol. The van der Waals surface area contributed by atoms with Crippen molar-refractivity contribution in [3.05, 3.63) is 45.4 Å². The van der Waals surface area contributed by atoms with Crippen LogP contribution in [0.1, 0.15) is 19.4 Å². The Balaban J connectivity index is 0.00000139. The first kappa shape index (κ1) is 19.8. The molecular weight excluding hydrogens is 372 g/mol. The number of ether oxygens (including phenoxy) is 1. The minimum Gasteiger partial charge on any atom is -0.457 e. The first-order chi connectivity index (χ1) is 11.5. The van der Waals surface area contributed by atoms with Crippen LogP contribution >= 0.6 is 15.9 Å². The third-order valence-corrected chi connectivity index (χ3v) is 3.07. The number of hydrogen-bond acceptors (Lipinski definition) is 5. The highest BCUT2D eigenvalue weighted by Gasteiger charge is 2.06. The lowest BCUT2D eigenvalue weighted by atomic mass is 10.2. The summed E-state index contributed by atoms with van der Waals surface area (Å²) < 4.78 is 6.46. The highest BCUT2D eigenvalue weighted by Crippen LogP contribution is 2.31.